The maximum absolute atomic E-state index is 12.0. The molecule has 1 unspecified atom stereocenters. The molecular weight excluding hydrogens is 314 g/mol. The van der Waals surface area contributed by atoms with Gasteiger partial charge in [0.1, 0.15) is 5.78 Å². The fraction of sp³-hybridized carbons (Fsp3) is 0.500. The topological polar surface area (TPSA) is 43.1 Å². The summed E-state index contributed by atoms with van der Waals surface area (Å²) in [6.45, 7) is 6.12. The van der Waals surface area contributed by atoms with E-state index in [9.17, 15) is 4.79 Å². The highest BCUT2D eigenvalue weighted by molar-refractivity contribution is 9.10. The zero-order valence-electron chi connectivity index (χ0n) is 11.0. The van der Waals surface area contributed by atoms with Gasteiger partial charge in [-0.3, -0.25) is 4.79 Å². The van der Waals surface area contributed by atoms with Crippen molar-refractivity contribution in [2.75, 3.05) is 0 Å². The second kappa shape index (κ2) is 6.18. The minimum Gasteiger partial charge on any atom is -0.327 e. The van der Waals surface area contributed by atoms with Crippen LogP contribution in [0.2, 0.25) is 5.02 Å². The number of hydrogen-bond donors (Lipinski definition) is 1. The Bertz CT molecular complexity index is 440. The molecule has 0 bridgehead atoms. The summed E-state index contributed by atoms with van der Waals surface area (Å²) < 4.78 is 0.912. The molecule has 18 heavy (non-hydrogen) atoms. The van der Waals surface area contributed by atoms with Crippen molar-refractivity contribution in [1.82, 2.24) is 0 Å². The number of ketones is 1. The van der Waals surface area contributed by atoms with Gasteiger partial charge in [0.05, 0.1) is 0 Å². The van der Waals surface area contributed by atoms with Gasteiger partial charge in [-0.05, 0) is 23.1 Å². The van der Waals surface area contributed by atoms with Crippen LogP contribution >= 0.6 is 27.5 Å². The Balaban J connectivity index is 2.65. The van der Waals surface area contributed by atoms with Crippen molar-refractivity contribution >= 4 is 33.3 Å². The van der Waals surface area contributed by atoms with Gasteiger partial charge in [0.15, 0.2) is 0 Å². The first-order valence-corrected chi connectivity index (χ1v) is 7.08. The van der Waals surface area contributed by atoms with Crippen molar-refractivity contribution in [3.8, 4) is 0 Å². The lowest BCUT2D eigenvalue weighted by Crippen LogP contribution is -2.37. The molecule has 4 heteroatoms. The highest BCUT2D eigenvalue weighted by Crippen LogP contribution is 2.24. The van der Waals surface area contributed by atoms with E-state index in [4.69, 9.17) is 17.3 Å². The largest absolute Gasteiger partial charge is 0.327 e. The van der Waals surface area contributed by atoms with Gasteiger partial charge in [0.25, 0.3) is 0 Å². The Morgan fingerprint density at radius 1 is 1.44 bits per heavy atom. The van der Waals surface area contributed by atoms with Gasteiger partial charge in [-0.25, -0.2) is 0 Å². The lowest BCUT2D eigenvalue weighted by Gasteiger charge is -2.26. The van der Waals surface area contributed by atoms with Gasteiger partial charge in [0.2, 0.25) is 0 Å². The van der Waals surface area contributed by atoms with Crippen molar-refractivity contribution in [2.24, 2.45) is 11.1 Å². The van der Waals surface area contributed by atoms with Crippen LogP contribution in [0.1, 0.15) is 32.8 Å². The molecule has 2 nitrogen and oxygen atoms in total. The lowest BCUT2D eigenvalue weighted by molar-refractivity contribution is -0.119. The summed E-state index contributed by atoms with van der Waals surface area (Å²) in [7, 11) is 0. The number of nitrogens with two attached hydrogens (primary N) is 1. The number of hydrogen-bond acceptors (Lipinski definition) is 2. The number of carbonyl (C=O) groups excluding carboxylic acids is 1. The average molecular weight is 333 g/mol. The van der Waals surface area contributed by atoms with Crippen molar-refractivity contribution in [1.29, 1.82) is 0 Å². The standard InChI is InChI=1S/C14H19BrClNO/c1-14(2,3)13(17)8-11(18)6-9-4-5-10(15)7-12(9)16/h4-5,7,13H,6,8,17H2,1-3H3. The van der Waals surface area contributed by atoms with E-state index in [-0.39, 0.29) is 17.2 Å². The van der Waals surface area contributed by atoms with Crippen LogP contribution in [-0.4, -0.2) is 11.8 Å². The molecule has 0 aliphatic rings. The Morgan fingerprint density at radius 2 is 2.06 bits per heavy atom. The molecule has 0 aliphatic carbocycles. The Hall–Kier alpha value is -0.380. The van der Waals surface area contributed by atoms with E-state index in [1.54, 1.807) is 6.07 Å². The molecule has 1 rings (SSSR count). The molecule has 100 valence electrons. The number of benzene rings is 1. The number of rotatable bonds is 4. The van der Waals surface area contributed by atoms with Crippen molar-refractivity contribution < 1.29 is 4.79 Å². The third-order valence-electron chi connectivity index (χ3n) is 2.96. The summed E-state index contributed by atoms with van der Waals surface area (Å²) in [6, 6.07) is 5.43. The summed E-state index contributed by atoms with van der Waals surface area (Å²) in [4.78, 5) is 12.0. The summed E-state index contributed by atoms with van der Waals surface area (Å²) in [6.07, 6.45) is 0.728. The van der Waals surface area contributed by atoms with Gasteiger partial charge < -0.3 is 5.73 Å². The third-order valence-corrected chi connectivity index (χ3v) is 3.81. The van der Waals surface area contributed by atoms with Crippen LogP contribution in [0.5, 0.6) is 0 Å². The van der Waals surface area contributed by atoms with Crippen LogP contribution in [0.3, 0.4) is 0 Å². The molecule has 0 aromatic heterocycles. The van der Waals surface area contributed by atoms with Gasteiger partial charge in [-0.2, -0.15) is 0 Å². The molecule has 0 saturated heterocycles. The van der Waals surface area contributed by atoms with E-state index in [0.29, 0.717) is 17.9 Å². The normalized spacial score (nSPS) is 13.4. The van der Waals surface area contributed by atoms with E-state index in [1.165, 1.54) is 0 Å². The molecule has 1 aromatic carbocycles. The van der Waals surface area contributed by atoms with E-state index >= 15 is 0 Å². The molecule has 0 spiro atoms. The van der Waals surface area contributed by atoms with Crippen LogP contribution in [0.4, 0.5) is 0 Å². The minimum absolute atomic E-state index is 0.0564. The van der Waals surface area contributed by atoms with Crippen LogP contribution in [-0.2, 0) is 11.2 Å². The first kappa shape index (κ1) is 15.7. The van der Waals surface area contributed by atoms with Crippen LogP contribution in [0.25, 0.3) is 0 Å². The monoisotopic (exact) mass is 331 g/mol. The van der Waals surface area contributed by atoms with Crippen LogP contribution in [0.15, 0.2) is 22.7 Å². The van der Waals surface area contributed by atoms with E-state index < -0.39 is 0 Å². The molecule has 0 saturated carbocycles. The fourth-order valence-corrected chi connectivity index (χ4v) is 2.24. The highest BCUT2D eigenvalue weighted by Gasteiger charge is 2.23. The predicted molar refractivity (Wildman–Crippen MR) is 79.9 cm³/mol. The summed E-state index contributed by atoms with van der Waals surface area (Å²) in [5.74, 6) is 0.127. The van der Waals surface area contributed by atoms with Gasteiger partial charge in [-0.1, -0.05) is 54.4 Å². The summed E-state index contributed by atoms with van der Waals surface area (Å²) >= 11 is 9.43. The average Bonchev–Trinajstić information content (AvgIpc) is 2.20. The SMILES string of the molecule is CC(C)(C)C(N)CC(=O)Cc1ccc(Br)cc1Cl. The van der Waals surface area contributed by atoms with Crippen molar-refractivity contribution in [3.05, 3.63) is 33.3 Å². The molecule has 0 radical (unpaired) electrons. The predicted octanol–water partition coefficient (Wildman–Crippen LogP) is 3.98. The van der Waals surface area contributed by atoms with Gasteiger partial charge >= 0.3 is 0 Å². The Labute approximate surface area is 122 Å². The van der Waals surface area contributed by atoms with Crippen molar-refractivity contribution in [2.45, 2.75) is 39.7 Å². The van der Waals surface area contributed by atoms with E-state index in [0.717, 1.165) is 10.0 Å². The van der Waals surface area contributed by atoms with E-state index in [2.05, 4.69) is 15.9 Å². The molecular formula is C14H19BrClNO. The highest BCUT2D eigenvalue weighted by atomic mass is 79.9. The summed E-state index contributed by atoms with van der Waals surface area (Å²) in [5.41, 5.74) is 6.80. The Kier molecular flexibility index (Phi) is 5.38. The molecule has 1 atom stereocenters. The zero-order valence-corrected chi connectivity index (χ0v) is 13.3. The molecule has 0 aliphatic heterocycles. The van der Waals surface area contributed by atoms with Crippen LogP contribution in [0, 0.1) is 5.41 Å². The minimum atomic E-state index is -0.126. The Morgan fingerprint density at radius 3 is 2.56 bits per heavy atom. The number of halogens is 2. The molecule has 2 N–H and O–H groups in total. The maximum atomic E-state index is 12.0. The number of carbonyl (C=O) groups is 1. The molecule has 0 amide bonds. The fourth-order valence-electron chi connectivity index (χ4n) is 1.50. The van der Waals surface area contributed by atoms with Gasteiger partial charge in [0, 0.05) is 28.4 Å². The zero-order chi connectivity index (χ0) is 13.9. The quantitative estimate of drug-likeness (QED) is 0.906. The summed E-state index contributed by atoms with van der Waals surface area (Å²) in [5, 5.41) is 0.613. The number of Topliss-reactive ketones (excluding diaryl/α,β-unsaturated/α-hetero) is 1. The van der Waals surface area contributed by atoms with Crippen LogP contribution < -0.4 is 5.73 Å². The first-order chi connectivity index (χ1) is 8.20. The second-order valence-corrected chi connectivity index (χ2v) is 6.95. The maximum Gasteiger partial charge on any atom is 0.138 e. The molecule has 1 aromatic rings. The van der Waals surface area contributed by atoms with E-state index in [1.807, 2.05) is 32.9 Å². The second-order valence-electron chi connectivity index (χ2n) is 5.63. The lowest BCUT2D eigenvalue weighted by atomic mass is 9.84. The first-order valence-electron chi connectivity index (χ1n) is 5.91. The molecule has 0 heterocycles. The smallest absolute Gasteiger partial charge is 0.138 e. The van der Waals surface area contributed by atoms with Crippen molar-refractivity contribution in [3.63, 3.8) is 0 Å². The third kappa shape index (κ3) is 4.71. The van der Waals surface area contributed by atoms with Gasteiger partial charge in [-0.15, -0.1) is 0 Å². The molecule has 0 fully saturated rings.